The maximum absolute atomic E-state index is 15.2. The van der Waals surface area contributed by atoms with Gasteiger partial charge in [-0.05, 0) is 120 Å². The molecule has 0 aliphatic rings. The zero-order chi connectivity index (χ0) is 71.2. The molecule has 97 heavy (non-hydrogen) atoms. The third-order valence-electron chi connectivity index (χ3n) is 18.9. The first-order chi connectivity index (χ1) is 45.8. The standard InChI is InChI=1S/C75H88Cl4N8O10/c1-17-58(96-60-31-29-44(72(7,8)19-3)35-52(60)74(11,12)21-5)68(90)80-46-27-23-25-42(33-46)66(88)82-64-50(70(92)86(84-64)62-54(76)37-48(94-15)38-55(62)77)41-51-65(85-87(71(51)93)63-56(78)39-49(95-16)40-57(63)79)83-67(89)43-26-24-28-47(34-43)81-69(91)59(18-2)97-61-32-30-45(73(9,10)20-4)36-53(61)75(13,14)22-6/h23-40,58-59,84-85H,17-22,41H2,1-16H3,(H,80,90)(H,81,91)(H,82,88)(H,83,89). The Kier molecular flexibility index (Phi) is 23.4. The summed E-state index contributed by atoms with van der Waals surface area (Å²) in [6.45, 7) is 29.7. The third-order valence-corrected chi connectivity index (χ3v) is 20.0. The summed E-state index contributed by atoms with van der Waals surface area (Å²) in [5, 5.41) is 17.3. The minimum atomic E-state index is -0.917. The molecule has 0 fully saturated rings. The first-order valence-electron chi connectivity index (χ1n) is 32.6. The molecule has 516 valence electrons. The van der Waals surface area contributed by atoms with Crippen LogP contribution in [0.15, 0.2) is 119 Å². The molecule has 6 aromatic carbocycles. The average Bonchev–Trinajstić information content (AvgIpc) is 1.50. The van der Waals surface area contributed by atoms with Gasteiger partial charge in [-0.2, -0.15) is 0 Å². The molecule has 2 unspecified atom stereocenters. The molecule has 4 amide bonds. The van der Waals surface area contributed by atoms with Crippen molar-refractivity contribution in [3.63, 3.8) is 0 Å². The van der Waals surface area contributed by atoms with Crippen LogP contribution in [0.25, 0.3) is 11.4 Å². The molecule has 2 heterocycles. The van der Waals surface area contributed by atoms with Crippen molar-refractivity contribution in [1.82, 2.24) is 19.6 Å². The summed E-state index contributed by atoms with van der Waals surface area (Å²) in [5.74, 6) is -1.06. The Morgan fingerprint density at radius 3 is 1.11 bits per heavy atom. The molecule has 0 aliphatic heterocycles. The molecule has 2 aromatic heterocycles. The van der Waals surface area contributed by atoms with Crippen LogP contribution in [0.2, 0.25) is 20.1 Å². The van der Waals surface area contributed by atoms with Gasteiger partial charge in [-0.3, -0.25) is 39.0 Å². The van der Waals surface area contributed by atoms with Crippen molar-refractivity contribution in [1.29, 1.82) is 0 Å². The normalized spacial score (nSPS) is 12.6. The van der Waals surface area contributed by atoms with E-state index in [9.17, 15) is 19.2 Å². The number of hydrogen-bond acceptors (Lipinski definition) is 10. The number of aromatic amines is 2. The lowest BCUT2D eigenvalue weighted by Crippen LogP contribution is -2.33. The van der Waals surface area contributed by atoms with E-state index in [0.29, 0.717) is 24.3 Å². The molecule has 2 atom stereocenters. The molecule has 18 nitrogen and oxygen atoms in total. The largest absolute Gasteiger partial charge is 0.497 e. The van der Waals surface area contributed by atoms with E-state index in [1.54, 1.807) is 24.3 Å². The highest BCUT2D eigenvalue weighted by Crippen LogP contribution is 2.42. The molecule has 0 bridgehead atoms. The lowest BCUT2D eigenvalue weighted by Gasteiger charge is -2.31. The van der Waals surface area contributed by atoms with Crippen LogP contribution in [-0.4, -0.2) is 69.6 Å². The predicted octanol–water partition coefficient (Wildman–Crippen LogP) is 17.7. The quantitative estimate of drug-likeness (QED) is 0.0272. The topological polar surface area (TPSA) is 229 Å². The zero-order valence-electron chi connectivity index (χ0n) is 58.0. The fourth-order valence-corrected chi connectivity index (χ4v) is 12.2. The van der Waals surface area contributed by atoms with Gasteiger partial charge in [0.25, 0.3) is 34.7 Å². The van der Waals surface area contributed by atoms with Crippen molar-refractivity contribution >= 4 is 93.0 Å². The molecule has 0 saturated carbocycles. The molecule has 0 spiro atoms. The molecule has 0 saturated heterocycles. The molecule has 6 N–H and O–H groups in total. The van der Waals surface area contributed by atoms with Gasteiger partial charge in [-0.1, -0.05) is 180 Å². The number of aromatic nitrogens is 4. The second kappa shape index (κ2) is 30.6. The highest BCUT2D eigenvalue weighted by Gasteiger charge is 2.33. The summed E-state index contributed by atoms with van der Waals surface area (Å²) in [5.41, 5.74) is 2.12. The van der Waals surface area contributed by atoms with Crippen LogP contribution < -0.4 is 51.3 Å². The van der Waals surface area contributed by atoms with Crippen LogP contribution >= 0.6 is 46.4 Å². The fourth-order valence-electron chi connectivity index (χ4n) is 10.9. The smallest absolute Gasteiger partial charge is 0.277 e. The van der Waals surface area contributed by atoms with E-state index in [2.05, 4.69) is 139 Å². The number of nitrogens with one attached hydrogen (secondary N) is 6. The van der Waals surface area contributed by atoms with E-state index in [1.807, 2.05) is 26.0 Å². The van der Waals surface area contributed by atoms with Gasteiger partial charge in [0.1, 0.15) is 46.0 Å². The van der Waals surface area contributed by atoms with Gasteiger partial charge in [0.2, 0.25) is 0 Å². The number of anilines is 4. The number of nitrogens with zero attached hydrogens (tertiary/aromatic N) is 2. The molecular weight excluding hydrogens is 1310 g/mol. The average molecular weight is 1400 g/mol. The summed E-state index contributed by atoms with van der Waals surface area (Å²) in [7, 11) is 2.83. The summed E-state index contributed by atoms with van der Waals surface area (Å²) < 4.78 is 25.9. The molecule has 8 aromatic rings. The first-order valence-corrected chi connectivity index (χ1v) is 34.1. The van der Waals surface area contributed by atoms with Crippen molar-refractivity contribution in [3.8, 4) is 34.4 Å². The monoisotopic (exact) mass is 1400 g/mol. The molecule has 22 heteroatoms. The Balaban J connectivity index is 1.14. The van der Waals surface area contributed by atoms with Gasteiger partial charge in [-0.25, -0.2) is 9.36 Å². The molecule has 0 aliphatic carbocycles. The summed E-state index contributed by atoms with van der Waals surface area (Å²) in [4.78, 5) is 88.1. The highest BCUT2D eigenvalue weighted by molar-refractivity contribution is 6.38. The lowest BCUT2D eigenvalue weighted by molar-refractivity contribution is -0.123. The fraction of sp³-hybridized carbons (Fsp3) is 0.387. The van der Waals surface area contributed by atoms with Crippen molar-refractivity contribution < 1.29 is 38.1 Å². The number of methoxy groups -OCH3 is 2. The number of halogens is 4. The van der Waals surface area contributed by atoms with Crippen molar-refractivity contribution in [2.45, 2.75) is 176 Å². The van der Waals surface area contributed by atoms with Gasteiger partial charge in [0, 0.05) is 64.3 Å². The van der Waals surface area contributed by atoms with Gasteiger partial charge < -0.3 is 40.2 Å². The second-order valence-corrected chi connectivity index (χ2v) is 28.3. The van der Waals surface area contributed by atoms with Crippen LogP contribution in [0.4, 0.5) is 23.0 Å². The maximum atomic E-state index is 15.2. The van der Waals surface area contributed by atoms with Gasteiger partial charge in [-0.15, -0.1) is 0 Å². The van der Waals surface area contributed by atoms with Crippen LogP contribution in [0.3, 0.4) is 0 Å². The Labute approximate surface area is 587 Å². The first kappa shape index (κ1) is 74.4. The van der Waals surface area contributed by atoms with Crippen LogP contribution in [-0.2, 0) is 37.7 Å². The van der Waals surface area contributed by atoms with E-state index >= 15 is 9.59 Å². The number of carbonyl (C=O) groups excluding carboxylic acids is 4. The minimum Gasteiger partial charge on any atom is -0.497 e. The van der Waals surface area contributed by atoms with E-state index < -0.39 is 53.4 Å². The van der Waals surface area contributed by atoms with Crippen LogP contribution in [0, 0.1) is 0 Å². The SMILES string of the molecule is CCC(Oc1ccc(C(C)(C)CC)cc1C(C)(C)CC)C(=O)Nc1cccc(C(=O)Nc2[nH]n(-c3c(Cl)cc(OC)cc3Cl)c(=O)c2Cc2c(NC(=O)c3cccc(NC(=O)C(CC)Oc4ccc(C(C)(C)CC)cc4C(C)(C)CC)c3)[nH]n(-c3c(Cl)cc(OC)cc3Cl)c2=O)c1. The Bertz CT molecular complexity index is 4070. The van der Waals surface area contributed by atoms with Crippen molar-refractivity contribution in [2.75, 3.05) is 35.5 Å². The third kappa shape index (κ3) is 16.4. The Morgan fingerprint density at radius 1 is 0.464 bits per heavy atom. The number of H-pyrrole nitrogens is 2. The lowest BCUT2D eigenvalue weighted by atomic mass is 9.76. The van der Waals surface area contributed by atoms with E-state index in [-0.39, 0.29) is 110 Å². The second-order valence-electron chi connectivity index (χ2n) is 26.7. The summed E-state index contributed by atoms with van der Waals surface area (Å²) >= 11 is 27.3. The van der Waals surface area contributed by atoms with E-state index in [1.165, 1.54) is 73.9 Å². The van der Waals surface area contributed by atoms with Crippen LogP contribution in [0.5, 0.6) is 23.0 Å². The Morgan fingerprint density at radius 2 is 0.804 bits per heavy atom. The highest BCUT2D eigenvalue weighted by atomic mass is 35.5. The zero-order valence-corrected chi connectivity index (χ0v) is 61.0. The number of rotatable bonds is 28. The van der Waals surface area contributed by atoms with Gasteiger partial charge >= 0.3 is 0 Å². The molecular formula is C75H88Cl4N8O10. The van der Waals surface area contributed by atoms with Crippen molar-refractivity contribution in [3.05, 3.63) is 195 Å². The van der Waals surface area contributed by atoms with E-state index in [0.717, 1.165) is 46.2 Å². The number of ether oxygens (including phenoxy) is 4. The summed E-state index contributed by atoms with van der Waals surface area (Å²) in [6, 6.07) is 30.5. The van der Waals surface area contributed by atoms with Crippen LogP contribution in [0.1, 0.15) is 190 Å². The number of hydrogen-bond donors (Lipinski definition) is 6. The molecule has 0 radical (unpaired) electrons. The Hall–Kier alpha value is -8.42. The maximum Gasteiger partial charge on any atom is 0.277 e. The minimum absolute atomic E-state index is 0.0268. The predicted molar refractivity (Wildman–Crippen MR) is 390 cm³/mol. The number of benzene rings is 6. The van der Waals surface area contributed by atoms with Gasteiger partial charge in [0.05, 0.1) is 45.4 Å². The molecule has 8 rings (SSSR count). The number of carbonyl (C=O) groups is 4. The van der Waals surface area contributed by atoms with Crippen molar-refractivity contribution in [2.24, 2.45) is 0 Å². The van der Waals surface area contributed by atoms with E-state index in [4.69, 9.17) is 65.4 Å². The van der Waals surface area contributed by atoms with Gasteiger partial charge in [0.15, 0.2) is 12.2 Å². The number of amides is 4. The summed E-state index contributed by atoms with van der Waals surface area (Å²) in [6.07, 6.45) is 1.73.